The molecule has 1 heterocycles. The number of benzene rings is 1. The first kappa shape index (κ1) is 16.5. The van der Waals surface area contributed by atoms with Crippen molar-refractivity contribution in [1.29, 1.82) is 0 Å². The third-order valence-corrected chi connectivity index (χ3v) is 6.18. The van der Waals surface area contributed by atoms with Gasteiger partial charge in [-0.3, -0.25) is 0 Å². The molecule has 0 amide bonds. The second-order valence-corrected chi connectivity index (χ2v) is 7.40. The molecule has 0 bridgehead atoms. The molecule has 1 aromatic carbocycles. The van der Waals surface area contributed by atoms with Gasteiger partial charge in [0.05, 0.1) is 17.0 Å². The Hall–Kier alpha value is -0.820. The number of aryl methyl sites for hydroxylation is 1. The predicted octanol–water partition coefficient (Wildman–Crippen LogP) is 1.98. The van der Waals surface area contributed by atoms with E-state index < -0.39 is 10.0 Å². The highest BCUT2D eigenvalue weighted by atomic mass is 35.5. The lowest BCUT2D eigenvalue weighted by Gasteiger charge is -2.33. The van der Waals surface area contributed by atoms with Gasteiger partial charge in [0.15, 0.2) is 0 Å². The van der Waals surface area contributed by atoms with Crippen LogP contribution in [-0.2, 0) is 10.0 Å². The van der Waals surface area contributed by atoms with Gasteiger partial charge in [0, 0.05) is 26.2 Å². The van der Waals surface area contributed by atoms with Crippen molar-refractivity contribution < 1.29 is 13.2 Å². The van der Waals surface area contributed by atoms with Crippen LogP contribution in [0.3, 0.4) is 0 Å². The number of hydrogen-bond acceptors (Lipinski definition) is 4. The van der Waals surface area contributed by atoms with Crippen LogP contribution >= 0.6 is 11.6 Å². The molecule has 1 aliphatic heterocycles. The van der Waals surface area contributed by atoms with Crippen molar-refractivity contribution in [1.82, 2.24) is 9.21 Å². The number of methoxy groups -OCH3 is 1. The Bertz CT molecular complexity index is 611. The van der Waals surface area contributed by atoms with Gasteiger partial charge in [-0.15, -0.1) is 0 Å². The number of hydrogen-bond donors (Lipinski definition) is 0. The third kappa shape index (κ3) is 3.34. The van der Waals surface area contributed by atoms with Gasteiger partial charge in [0.2, 0.25) is 10.0 Å². The first-order valence-corrected chi connectivity index (χ1v) is 8.78. The lowest BCUT2D eigenvalue weighted by atomic mass is 10.2. The van der Waals surface area contributed by atoms with E-state index in [0.29, 0.717) is 29.4 Å². The van der Waals surface area contributed by atoms with E-state index in [0.717, 1.165) is 19.6 Å². The van der Waals surface area contributed by atoms with E-state index in [1.54, 1.807) is 13.0 Å². The molecule has 1 saturated heterocycles. The Kier molecular flexibility index (Phi) is 5.14. The molecule has 1 fully saturated rings. The minimum absolute atomic E-state index is 0.262. The highest BCUT2D eigenvalue weighted by Crippen LogP contribution is 2.31. The number of nitrogens with zero attached hydrogens (tertiary/aromatic N) is 2. The molecule has 0 spiro atoms. The molecule has 5 nitrogen and oxygen atoms in total. The molecule has 0 N–H and O–H groups in total. The van der Waals surface area contributed by atoms with Gasteiger partial charge >= 0.3 is 0 Å². The molecular weight excluding hydrogens is 312 g/mol. The first-order chi connectivity index (χ1) is 9.90. The molecule has 7 heteroatoms. The molecule has 0 aromatic heterocycles. The van der Waals surface area contributed by atoms with Crippen LogP contribution in [0.4, 0.5) is 0 Å². The smallest absolute Gasteiger partial charge is 0.243 e. The molecule has 0 saturated carbocycles. The summed E-state index contributed by atoms with van der Waals surface area (Å²) in [5, 5.41) is 0.314. The molecule has 0 atom stereocenters. The van der Waals surface area contributed by atoms with Crippen molar-refractivity contribution in [3.8, 4) is 5.75 Å². The van der Waals surface area contributed by atoms with Crippen molar-refractivity contribution in [2.75, 3.05) is 39.8 Å². The van der Waals surface area contributed by atoms with Gasteiger partial charge < -0.3 is 9.64 Å². The van der Waals surface area contributed by atoms with Crippen molar-refractivity contribution in [3.05, 3.63) is 22.7 Å². The fourth-order valence-electron chi connectivity index (χ4n) is 2.50. The highest BCUT2D eigenvalue weighted by molar-refractivity contribution is 7.89. The zero-order chi connectivity index (χ0) is 15.6. The summed E-state index contributed by atoms with van der Waals surface area (Å²) < 4.78 is 32.2. The Morgan fingerprint density at radius 1 is 1.24 bits per heavy atom. The van der Waals surface area contributed by atoms with E-state index in [2.05, 4.69) is 11.8 Å². The van der Waals surface area contributed by atoms with E-state index in [4.69, 9.17) is 16.3 Å². The highest BCUT2D eigenvalue weighted by Gasteiger charge is 2.29. The van der Waals surface area contributed by atoms with E-state index in [9.17, 15) is 8.42 Å². The molecule has 2 rings (SSSR count). The first-order valence-electron chi connectivity index (χ1n) is 6.96. The lowest BCUT2D eigenvalue weighted by molar-refractivity contribution is 0.196. The maximum atomic E-state index is 12.8. The zero-order valence-corrected chi connectivity index (χ0v) is 14.2. The average Bonchev–Trinajstić information content (AvgIpc) is 2.49. The minimum atomic E-state index is -3.51. The molecule has 1 aliphatic rings. The summed E-state index contributed by atoms with van der Waals surface area (Å²) >= 11 is 6.08. The van der Waals surface area contributed by atoms with Gasteiger partial charge in [0.25, 0.3) is 0 Å². The maximum Gasteiger partial charge on any atom is 0.243 e. The predicted molar refractivity (Wildman–Crippen MR) is 83.6 cm³/mol. The van der Waals surface area contributed by atoms with Crippen LogP contribution in [0, 0.1) is 6.92 Å². The van der Waals surface area contributed by atoms with Gasteiger partial charge in [-0.2, -0.15) is 4.31 Å². The van der Waals surface area contributed by atoms with Crippen molar-refractivity contribution in [3.63, 3.8) is 0 Å². The fourth-order valence-corrected chi connectivity index (χ4v) is 4.46. The average molecular weight is 333 g/mol. The number of rotatable bonds is 4. The van der Waals surface area contributed by atoms with Crippen molar-refractivity contribution >= 4 is 21.6 Å². The maximum absolute atomic E-state index is 12.8. The van der Waals surface area contributed by atoms with Gasteiger partial charge in [-0.05, 0) is 31.2 Å². The summed E-state index contributed by atoms with van der Waals surface area (Å²) in [4.78, 5) is 2.50. The molecule has 21 heavy (non-hydrogen) atoms. The minimum Gasteiger partial charge on any atom is -0.495 e. The van der Waals surface area contributed by atoms with E-state index in [1.165, 1.54) is 17.5 Å². The van der Waals surface area contributed by atoms with Crippen LogP contribution in [0.15, 0.2) is 17.0 Å². The van der Waals surface area contributed by atoms with Crippen molar-refractivity contribution in [2.24, 2.45) is 0 Å². The van der Waals surface area contributed by atoms with Crippen LogP contribution in [0.5, 0.6) is 5.75 Å². The molecule has 118 valence electrons. The van der Waals surface area contributed by atoms with E-state index in [-0.39, 0.29) is 4.90 Å². The summed E-state index contributed by atoms with van der Waals surface area (Å²) in [5.74, 6) is 0.490. The summed E-state index contributed by atoms with van der Waals surface area (Å²) in [6.45, 7) is 7.34. The number of ether oxygens (including phenoxy) is 1. The molecule has 1 aromatic rings. The monoisotopic (exact) mass is 332 g/mol. The molecule has 0 unspecified atom stereocenters. The van der Waals surface area contributed by atoms with Gasteiger partial charge in [-0.1, -0.05) is 18.5 Å². The summed E-state index contributed by atoms with van der Waals surface area (Å²) in [5.41, 5.74) is 0.647. The lowest BCUT2D eigenvalue weighted by Crippen LogP contribution is -2.48. The van der Waals surface area contributed by atoms with Crippen LogP contribution in [0.1, 0.15) is 12.5 Å². The number of halogens is 1. The van der Waals surface area contributed by atoms with Crippen LogP contribution in [0.2, 0.25) is 5.02 Å². The number of likely N-dealkylation sites (N-methyl/N-ethyl adjacent to an activating group) is 1. The molecule has 0 radical (unpaired) electrons. The normalized spacial score (nSPS) is 17.9. The SMILES string of the molecule is CCN1CCN(S(=O)(=O)c2cc(Cl)c(OC)cc2C)CC1. The molecular formula is C14H21ClN2O3S. The standard InChI is InChI=1S/C14H21ClN2O3S/c1-4-16-5-7-17(8-6-16)21(18,19)14-10-12(15)13(20-3)9-11(14)2/h9-10H,4-8H2,1-3H3. The quantitative estimate of drug-likeness (QED) is 0.846. The summed E-state index contributed by atoms with van der Waals surface area (Å²) in [6, 6.07) is 3.15. The second kappa shape index (κ2) is 6.52. The van der Waals surface area contributed by atoms with E-state index in [1.807, 2.05) is 0 Å². The summed E-state index contributed by atoms with van der Waals surface area (Å²) in [6.07, 6.45) is 0. The third-order valence-electron chi connectivity index (χ3n) is 3.85. The van der Waals surface area contributed by atoms with Crippen molar-refractivity contribution in [2.45, 2.75) is 18.7 Å². The fraction of sp³-hybridized carbons (Fsp3) is 0.571. The second-order valence-electron chi connectivity index (χ2n) is 5.09. The zero-order valence-electron chi connectivity index (χ0n) is 12.6. The number of piperazine rings is 1. The Balaban J connectivity index is 2.30. The topological polar surface area (TPSA) is 49.9 Å². The van der Waals surface area contributed by atoms with Crippen LogP contribution < -0.4 is 4.74 Å². The largest absolute Gasteiger partial charge is 0.495 e. The van der Waals surface area contributed by atoms with Gasteiger partial charge in [0.1, 0.15) is 5.75 Å². The Labute approximate surface area is 131 Å². The molecule has 0 aliphatic carbocycles. The van der Waals surface area contributed by atoms with Gasteiger partial charge in [-0.25, -0.2) is 8.42 Å². The number of sulfonamides is 1. The van der Waals surface area contributed by atoms with E-state index >= 15 is 0 Å². The Morgan fingerprint density at radius 2 is 1.86 bits per heavy atom. The van der Waals surface area contributed by atoms with Crippen LogP contribution in [-0.4, -0.2) is 57.5 Å². The summed E-state index contributed by atoms with van der Waals surface area (Å²) in [7, 11) is -1.99. The van der Waals surface area contributed by atoms with Crippen LogP contribution in [0.25, 0.3) is 0 Å². The Morgan fingerprint density at radius 3 is 2.38 bits per heavy atom.